The number of carbonyl (C=O) groups is 2. The first-order valence-corrected chi connectivity index (χ1v) is 7.20. The summed E-state index contributed by atoms with van der Waals surface area (Å²) >= 11 is 0. The Kier molecular flexibility index (Phi) is 4.73. The van der Waals surface area contributed by atoms with Crippen LogP contribution in [0.15, 0.2) is 24.3 Å². The van der Waals surface area contributed by atoms with Gasteiger partial charge in [0, 0.05) is 11.3 Å². The largest absolute Gasteiger partial charge is 0.466 e. The Morgan fingerprint density at radius 3 is 2.67 bits per heavy atom. The zero-order valence-corrected chi connectivity index (χ0v) is 12.6. The van der Waals surface area contributed by atoms with Crippen molar-refractivity contribution < 1.29 is 14.3 Å². The molecule has 5 nitrogen and oxygen atoms in total. The van der Waals surface area contributed by atoms with Gasteiger partial charge in [0.15, 0.2) is 5.78 Å². The van der Waals surface area contributed by atoms with Crippen LogP contribution in [0.25, 0.3) is 10.9 Å². The van der Waals surface area contributed by atoms with E-state index >= 15 is 0 Å². The molecule has 0 aliphatic carbocycles. The summed E-state index contributed by atoms with van der Waals surface area (Å²) in [5, 5.41) is 5.24. The van der Waals surface area contributed by atoms with Crippen LogP contribution in [0.2, 0.25) is 0 Å². The van der Waals surface area contributed by atoms with E-state index < -0.39 is 0 Å². The van der Waals surface area contributed by atoms with Crippen LogP contribution < -0.4 is 0 Å². The second-order valence-electron chi connectivity index (χ2n) is 5.16. The fraction of sp³-hybridized carbons (Fsp3) is 0.438. The maximum Gasteiger partial charge on any atom is 0.307 e. The number of rotatable bonds is 6. The SMILES string of the molecule is CCOC(=O)CCn1nc(C(=O)C(C)C)c2ccccc21. The number of hydrogen-bond donors (Lipinski definition) is 0. The third-order valence-corrected chi connectivity index (χ3v) is 3.25. The Bertz CT molecular complexity index is 659. The lowest BCUT2D eigenvalue weighted by atomic mass is 10.0. The maximum atomic E-state index is 12.2. The number of esters is 1. The first-order valence-electron chi connectivity index (χ1n) is 7.20. The summed E-state index contributed by atoms with van der Waals surface area (Å²) in [7, 11) is 0. The number of carbonyl (C=O) groups excluding carboxylic acids is 2. The van der Waals surface area contributed by atoms with Crippen LogP contribution in [0, 0.1) is 5.92 Å². The molecule has 5 heteroatoms. The van der Waals surface area contributed by atoms with Crippen LogP contribution in [0.5, 0.6) is 0 Å². The number of benzene rings is 1. The lowest BCUT2D eigenvalue weighted by molar-refractivity contribution is -0.143. The van der Waals surface area contributed by atoms with E-state index in [-0.39, 0.29) is 24.1 Å². The van der Waals surface area contributed by atoms with Crippen molar-refractivity contribution in [2.24, 2.45) is 5.92 Å². The summed E-state index contributed by atoms with van der Waals surface area (Å²) in [5.41, 5.74) is 1.34. The minimum atomic E-state index is -0.256. The maximum absolute atomic E-state index is 12.2. The monoisotopic (exact) mass is 288 g/mol. The van der Waals surface area contributed by atoms with E-state index in [0.29, 0.717) is 18.8 Å². The predicted molar refractivity (Wildman–Crippen MR) is 80.2 cm³/mol. The molecule has 21 heavy (non-hydrogen) atoms. The molecule has 0 bridgehead atoms. The van der Waals surface area contributed by atoms with Gasteiger partial charge in [-0.25, -0.2) is 0 Å². The van der Waals surface area contributed by atoms with Gasteiger partial charge in [-0.1, -0.05) is 32.0 Å². The molecule has 1 aromatic heterocycles. The highest BCUT2D eigenvalue weighted by molar-refractivity contribution is 6.06. The van der Waals surface area contributed by atoms with Crippen LogP contribution >= 0.6 is 0 Å². The molecule has 0 aliphatic rings. The zero-order valence-electron chi connectivity index (χ0n) is 12.6. The van der Waals surface area contributed by atoms with Crippen molar-refractivity contribution in [2.45, 2.75) is 33.7 Å². The number of aryl methyl sites for hydroxylation is 1. The summed E-state index contributed by atoms with van der Waals surface area (Å²) < 4.78 is 6.63. The number of ether oxygens (including phenoxy) is 1. The number of hydrogen-bond acceptors (Lipinski definition) is 4. The van der Waals surface area contributed by atoms with Crippen LogP contribution in [-0.2, 0) is 16.1 Å². The third kappa shape index (κ3) is 3.29. The summed E-state index contributed by atoms with van der Waals surface area (Å²) in [6, 6.07) is 7.58. The smallest absolute Gasteiger partial charge is 0.307 e. The highest BCUT2D eigenvalue weighted by Crippen LogP contribution is 2.21. The second-order valence-corrected chi connectivity index (χ2v) is 5.16. The van der Waals surface area contributed by atoms with Crippen molar-refractivity contribution in [3.8, 4) is 0 Å². The molecule has 2 rings (SSSR count). The van der Waals surface area contributed by atoms with Crippen LogP contribution in [0.1, 0.15) is 37.7 Å². The zero-order chi connectivity index (χ0) is 15.4. The molecular weight excluding hydrogens is 268 g/mol. The average molecular weight is 288 g/mol. The van der Waals surface area contributed by atoms with Crippen LogP contribution in [0.3, 0.4) is 0 Å². The minimum Gasteiger partial charge on any atom is -0.466 e. The molecule has 1 aromatic carbocycles. The molecule has 0 spiro atoms. The second kappa shape index (κ2) is 6.52. The standard InChI is InChI=1S/C16H20N2O3/c1-4-21-14(19)9-10-18-13-8-6-5-7-12(13)15(17-18)16(20)11(2)3/h5-8,11H,4,9-10H2,1-3H3. The fourth-order valence-electron chi connectivity index (χ4n) is 2.18. The van der Waals surface area contributed by atoms with Crippen molar-refractivity contribution in [2.75, 3.05) is 6.61 Å². The van der Waals surface area contributed by atoms with E-state index in [9.17, 15) is 9.59 Å². The molecule has 0 radical (unpaired) electrons. The topological polar surface area (TPSA) is 61.2 Å². The van der Waals surface area contributed by atoms with E-state index in [4.69, 9.17) is 4.74 Å². The third-order valence-electron chi connectivity index (χ3n) is 3.25. The van der Waals surface area contributed by atoms with Gasteiger partial charge in [-0.05, 0) is 13.0 Å². The highest BCUT2D eigenvalue weighted by atomic mass is 16.5. The number of ketones is 1. The lowest BCUT2D eigenvalue weighted by Gasteiger charge is -2.03. The van der Waals surface area contributed by atoms with Gasteiger partial charge in [0.1, 0.15) is 5.69 Å². The molecule has 0 aliphatic heterocycles. The Hall–Kier alpha value is -2.17. The van der Waals surface area contributed by atoms with Gasteiger partial charge in [-0.15, -0.1) is 0 Å². The van der Waals surface area contributed by atoms with Gasteiger partial charge >= 0.3 is 5.97 Å². The summed E-state index contributed by atoms with van der Waals surface area (Å²) in [5.74, 6) is -0.350. The van der Waals surface area contributed by atoms with Gasteiger partial charge in [0.2, 0.25) is 0 Å². The van der Waals surface area contributed by atoms with Crippen molar-refractivity contribution >= 4 is 22.7 Å². The van der Waals surface area contributed by atoms with E-state index in [0.717, 1.165) is 10.9 Å². The molecule has 0 saturated heterocycles. The molecule has 1 heterocycles. The van der Waals surface area contributed by atoms with Crippen molar-refractivity contribution in [3.63, 3.8) is 0 Å². The average Bonchev–Trinajstić information content (AvgIpc) is 2.83. The molecule has 0 fully saturated rings. The quantitative estimate of drug-likeness (QED) is 0.605. The molecule has 2 aromatic rings. The molecule has 0 atom stereocenters. The number of aromatic nitrogens is 2. The van der Waals surface area contributed by atoms with Crippen molar-refractivity contribution in [1.82, 2.24) is 9.78 Å². The first-order chi connectivity index (χ1) is 10.0. The van der Waals surface area contributed by atoms with E-state index in [2.05, 4.69) is 5.10 Å². The van der Waals surface area contributed by atoms with Crippen molar-refractivity contribution in [3.05, 3.63) is 30.0 Å². The Morgan fingerprint density at radius 1 is 1.29 bits per heavy atom. The first kappa shape index (κ1) is 15.2. The van der Waals surface area contributed by atoms with Gasteiger partial charge in [-0.3, -0.25) is 14.3 Å². The molecule has 0 N–H and O–H groups in total. The molecule has 0 unspecified atom stereocenters. The molecule has 112 valence electrons. The van der Waals surface area contributed by atoms with E-state index in [1.165, 1.54) is 0 Å². The van der Waals surface area contributed by atoms with Gasteiger partial charge in [0.25, 0.3) is 0 Å². The number of para-hydroxylation sites is 1. The predicted octanol–water partition coefficient (Wildman–Crippen LogP) is 2.83. The number of fused-ring (bicyclic) bond motifs is 1. The summed E-state index contributed by atoms with van der Waals surface area (Å²) in [4.78, 5) is 23.7. The van der Waals surface area contributed by atoms with Crippen molar-refractivity contribution in [1.29, 1.82) is 0 Å². The van der Waals surface area contributed by atoms with Crippen LogP contribution in [0.4, 0.5) is 0 Å². The minimum absolute atomic E-state index is 0.0149. The van der Waals surface area contributed by atoms with Gasteiger partial charge in [0.05, 0.1) is 25.1 Å². The van der Waals surface area contributed by atoms with Gasteiger partial charge < -0.3 is 4.74 Å². The molecule has 0 saturated carbocycles. The van der Waals surface area contributed by atoms with Gasteiger partial charge in [-0.2, -0.15) is 5.10 Å². The number of Topliss-reactive ketones (excluding diaryl/α,β-unsaturated/α-hetero) is 1. The Labute approximate surface area is 123 Å². The molecular formula is C16H20N2O3. The van der Waals surface area contributed by atoms with Crippen LogP contribution in [-0.4, -0.2) is 28.1 Å². The number of nitrogens with zero attached hydrogens (tertiary/aromatic N) is 2. The Morgan fingerprint density at radius 2 is 2.00 bits per heavy atom. The highest BCUT2D eigenvalue weighted by Gasteiger charge is 2.19. The summed E-state index contributed by atoms with van der Waals surface area (Å²) in [6.45, 7) is 6.27. The van der Waals surface area contributed by atoms with E-state index in [1.807, 2.05) is 38.1 Å². The van der Waals surface area contributed by atoms with E-state index in [1.54, 1.807) is 11.6 Å². The Balaban J connectivity index is 2.32. The molecule has 0 amide bonds. The lowest BCUT2D eigenvalue weighted by Crippen LogP contribution is -2.12. The summed E-state index contributed by atoms with van der Waals surface area (Å²) in [6.07, 6.45) is 0.245. The fourth-order valence-corrected chi connectivity index (χ4v) is 2.18. The normalized spacial score (nSPS) is 11.0.